The fourth-order valence-electron chi connectivity index (χ4n) is 3.73. The number of amides is 1. The SMILES string of the molecule is COc1ccc(NC(=O)C2=C(C)Nc3nc(SC)nn3[C@H]2c2cc(OC)ccc2OC)cc1. The zero-order valence-electron chi connectivity index (χ0n) is 19.0. The Hall–Kier alpha value is -3.66. The number of allylic oxidation sites excluding steroid dienone is 1. The van der Waals surface area contributed by atoms with Gasteiger partial charge in [-0.15, -0.1) is 5.10 Å². The van der Waals surface area contributed by atoms with E-state index in [1.807, 2.05) is 31.4 Å². The first-order chi connectivity index (χ1) is 16.0. The average molecular weight is 468 g/mol. The molecule has 0 radical (unpaired) electrons. The van der Waals surface area contributed by atoms with Crippen LogP contribution in [0.3, 0.4) is 0 Å². The third-order valence-electron chi connectivity index (χ3n) is 5.34. The molecule has 0 fully saturated rings. The molecule has 1 aromatic heterocycles. The first kappa shape index (κ1) is 22.5. The van der Waals surface area contributed by atoms with Crippen molar-refractivity contribution in [1.29, 1.82) is 0 Å². The minimum absolute atomic E-state index is 0.271. The normalized spacial score (nSPS) is 14.9. The fourth-order valence-corrected chi connectivity index (χ4v) is 4.07. The van der Waals surface area contributed by atoms with Gasteiger partial charge in [-0.25, -0.2) is 4.68 Å². The Morgan fingerprint density at radius 1 is 1.06 bits per heavy atom. The van der Waals surface area contributed by atoms with Crippen LogP contribution in [0.4, 0.5) is 11.6 Å². The maximum Gasteiger partial charge on any atom is 0.255 e. The Balaban J connectivity index is 1.82. The van der Waals surface area contributed by atoms with Crippen LogP contribution in [0.5, 0.6) is 17.2 Å². The third kappa shape index (κ3) is 4.34. The van der Waals surface area contributed by atoms with Gasteiger partial charge in [-0.05, 0) is 55.6 Å². The van der Waals surface area contributed by atoms with Gasteiger partial charge in [-0.3, -0.25) is 4.79 Å². The van der Waals surface area contributed by atoms with Crippen molar-refractivity contribution in [2.24, 2.45) is 0 Å². The molecule has 4 rings (SSSR count). The lowest BCUT2D eigenvalue weighted by molar-refractivity contribution is -0.113. The van der Waals surface area contributed by atoms with Crippen molar-refractivity contribution in [2.75, 3.05) is 38.2 Å². The van der Waals surface area contributed by atoms with Crippen LogP contribution in [0.25, 0.3) is 0 Å². The number of carbonyl (C=O) groups is 1. The van der Waals surface area contributed by atoms with Gasteiger partial charge in [0.1, 0.15) is 23.3 Å². The quantitative estimate of drug-likeness (QED) is 0.504. The molecule has 0 aliphatic carbocycles. The summed E-state index contributed by atoms with van der Waals surface area (Å²) in [5.41, 5.74) is 2.54. The molecule has 0 unspecified atom stereocenters. The topological polar surface area (TPSA) is 99.5 Å². The number of nitrogens with one attached hydrogen (secondary N) is 2. The number of carbonyl (C=O) groups excluding carboxylic acids is 1. The molecule has 33 heavy (non-hydrogen) atoms. The largest absolute Gasteiger partial charge is 0.497 e. The Bertz CT molecular complexity index is 1210. The maximum atomic E-state index is 13.6. The van der Waals surface area contributed by atoms with E-state index in [-0.39, 0.29) is 5.91 Å². The highest BCUT2D eigenvalue weighted by molar-refractivity contribution is 7.98. The van der Waals surface area contributed by atoms with E-state index in [0.29, 0.717) is 45.3 Å². The molecule has 1 amide bonds. The number of anilines is 2. The molecule has 2 N–H and O–H groups in total. The highest BCUT2D eigenvalue weighted by Crippen LogP contribution is 2.41. The lowest BCUT2D eigenvalue weighted by atomic mass is 9.94. The summed E-state index contributed by atoms with van der Waals surface area (Å²) >= 11 is 1.42. The number of rotatable bonds is 7. The Morgan fingerprint density at radius 2 is 1.76 bits per heavy atom. The van der Waals surface area contributed by atoms with Crippen molar-refractivity contribution >= 4 is 29.3 Å². The van der Waals surface area contributed by atoms with Crippen LogP contribution in [-0.4, -0.2) is 48.3 Å². The Morgan fingerprint density at radius 3 is 2.39 bits per heavy atom. The number of methoxy groups -OCH3 is 3. The molecule has 0 spiro atoms. The molecule has 9 nitrogen and oxygen atoms in total. The molecule has 0 saturated heterocycles. The minimum atomic E-state index is -0.585. The van der Waals surface area contributed by atoms with E-state index in [1.54, 1.807) is 50.3 Å². The predicted octanol–water partition coefficient (Wildman–Crippen LogP) is 3.95. The molecule has 3 aromatic rings. The molecule has 0 saturated carbocycles. The molecule has 2 aromatic carbocycles. The lowest BCUT2D eigenvalue weighted by Crippen LogP contribution is -2.31. The highest BCUT2D eigenvalue weighted by atomic mass is 32.2. The van der Waals surface area contributed by atoms with Gasteiger partial charge in [-0.1, -0.05) is 11.8 Å². The van der Waals surface area contributed by atoms with Crippen LogP contribution in [0.15, 0.2) is 58.9 Å². The van der Waals surface area contributed by atoms with Crippen LogP contribution in [-0.2, 0) is 4.79 Å². The molecule has 172 valence electrons. The number of benzene rings is 2. The molecule has 10 heteroatoms. The number of nitrogens with zero attached hydrogens (tertiary/aromatic N) is 3. The summed E-state index contributed by atoms with van der Waals surface area (Å²) in [4.78, 5) is 18.1. The second-order valence-electron chi connectivity index (χ2n) is 7.22. The van der Waals surface area contributed by atoms with E-state index >= 15 is 0 Å². The molecule has 2 heterocycles. The molecule has 1 aliphatic heterocycles. The summed E-state index contributed by atoms with van der Waals surface area (Å²) in [6.45, 7) is 1.85. The van der Waals surface area contributed by atoms with Crippen LogP contribution < -0.4 is 24.8 Å². The second-order valence-corrected chi connectivity index (χ2v) is 8.00. The molecular weight excluding hydrogens is 442 g/mol. The average Bonchev–Trinajstić information content (AvgIpc) is 3.25. The van der Waals surface area contributed by atoms with Gasteiger partial charge in [0.15, 0.2) is 0 Å². The summed E-state index contributed by atoms with van der Waals surface area (Å²) in [6.07, 6.45) is 1.90. The molecule has 0 bridgehead atoms. The summed E-state index contributed by atoms with van der Waals surface area (Å²) in [6, 6.07) is 12.1. The van der Waals surface area contributed by atoms with E-state index in [1.165, 1.54) is 11.8 Å². The summed E-state index contributed by atoms with van der Waals surface area (Å²) in [7, 11) is 4.79. The Kier molecular flexibility index (Phi) is 6.45. The smallest absolute Gasteiger partial charge is 0.255 e. The molecular formula is C23H25N5O4S. The summed E-state index contributed by atoms with van der Waals surface area (Å²) in [5, 5.41) is 11.4. The maximum absolute atomic E-state index is 13.6. The van der Waals surface area contributed by atoms with E-state index < -0.39 is 6.04 Å². The second kappa shape index (κ2) is 9.45. The van der Waals surface area contributed by atoms with E-state index in [2.05, 4.69) is 20.7 Å². The van der Waals surface area contributed by atoms with E-state index in [9.17, 15) is 4.79 Å². The van der Waals surface area contributed by atoms with Gasteiger partial charge in [0.05, 0.1) is 26.9 Å². The first-order valence-corrected chi connectivity index (χ1v) is 11.4. The predicted molar refractivity (Wildman–Crippen MR) is 127 cm³/mol. The van der Waals surface area contributed by atoms with Gasteiger partial charge in [0, 0.05) is 16.9 Å². The van der Waals surface area contributed by atoms with Crippen molar-refractivity contribution in [3.63, 3.8) is 0 Å². The monoisotopic (exact) mass is 467 g/mol. The standard InChI is InChI=1S/C23H25N5O4S/c1-13-19(21(29)25-14-6-8-15(30-2)9-7-14)20(28-22(24-13)26-23(27-28)33-5)17-12-16(31-3)10-11-18(17)32-4/h6-12,20H,1-5H3,(H,25,29)(H,24,26,27)/t20-/m0/s1. The zero-order valence-corrected chi connectivity index (χ0v) is 19.8. The first-order valence-electron chi connectivity index (χ1n) is 10.1. The van der Waals surface area contributed by atoms with Gasteiger partial charge in [0.25, 0.3) is 5.91 Å². The van der Waals surface area contributed by atoms with Crippen molar-refractivity contribution in [3.8, 4) is 17.2 Å². The van der Waals surface area contributed by atoms with Gasteiger partial charge in [0.2, 0.25) is 11.1 Å². The fraction of sp³-hybridized carbons (Fsp3) is 0.261. The van der Waals surface area contributed by atoms with E-state index in [0.717, 1.165) is 5.56 Å². The molecule has 1 atom stereocenters. The highest BCUT2D eigenvalue weighted by Gasteiger charge is 2.36. The van der Waals surface area contributed by atoms with Crippen LogP contribution in [0, 0.1) is 0 Å². The van der Waals surface area contributed by atoms with Gasteiger partial charge >= 0.3 is 0 Å². The van der Waals surface area contributed by atoms with Crippen molar-refractivity contribution in [2.45, 2.75) is 18.1 Å². The molecule has 1 aliphatic rings. The van der Waals surface area contributed by atoms with Crippen LogP contribution in [0.1, 0.15) is 18.5 Å². The third-order valence-corrected chi connectivity index (χ3v) is 5.88. The number of thioether (sulfide) groups is 1. The van der Waals surface area contributed by atoms with Crippen molar-refractivity contribution in [1.82, 2.24) is 14.8 Å². The van der Waals surface area contributed by atoms with E-state index in [4.69, 9.17) is 14.2 Å². The summed E-state index contributed by atoms with van der Waals surface area (Å²) < 4.78 is 18.0. The lowest BCUT2D eigenvalue weighted by Gasteiger charge is -2.29. The number of aromatic nitrogens is 3. The van der Waals surface area contributed by atoms with Gasteiger partial charge in [-0.2, -0.15) is 4.98 Å². The van der Waals surface area contributed by atoms with Crippen LogP contribution in [0.2, 0.25) is 0 Å². The number of hydrogen-bond acceptors (Lipinski definition) is 8. The zero-order chi connectivity index (χ0) is 23.5. The van der Waals surface area contributed by atoms with Crippen molar-refractivity contribution < 1.29 is 19.0 Å². The summed E-state index contributed by atoms with van der Waals surface area (Å²) in [5.74, 6) is 2.24. The number of fused-ring (bicyclic) bond motifs is 1. The van der Waals surface area contributed by atoms with Crippen LogP contribution >= 0.6 is 11.8 Å². The number of hydrogen-bond donors (Lipinski definition) is 2. The van der Waals surface area contributed by atoms with Gasteiger partial charge < -0.3 is 24.8 Å². The number of ether oxygens (including phenoxy) is 3. The minimum Gasteiger partial charge on any atom is -0.497 e. The Labute approximate surface area is 196 Å². The van der Waals surface area contributed by atoms with Crippen molar-refractivity contribution in [3.05, 3.63) is 59.3 Å².